The molecule has 2 aliphatic rings. The summed E-state index contributed by atoms with van der Waals surface area (Å²) in [4.78, 5) is 41.6. The summed E-state index contributed by atoms with van der Waals surface area (Å²) in [5.74, 6) is -0.150. The average molecular weight is 702 g/mol. The largest absolute Gasteiger partial charge is 0.497 e. The van der Waals surface area contributed by atoms with Crippen molar-refractivity contribution in [3.8, 4) is 5.75 Å². The summed E-state index contributed by atoms with van der Waals surface area (Å²) in [6, 6.07) is 12.4. The van der Waals surface area contributed by atoms with Crippen molar-refractivity contribution in [1.82, 2.24) is 15.0 Å². The zero-order valence-corrected chi connectivity index (χ0v) is 31.3. The molecular weight excluding hydrogens is 651 g/mol. The normalized spacial score (nSPS) is 21.9. The highest BCUT2D eigenvalue weighted by molar-refractivity contribution is 6.71. The molecule has 11 nitrogen and oxygen atoms in total. The van der Waals surface area contributed by atoms with Gasteiger partial charge in [0.2, 0.25) is 0 Å². The first-order valence-electron chi connectivity index (χ1n) is 17.4. The predicted octanol–water partition coefficient (Wildman–Crippen LogP) is 6.00. The molecule has 3 heterocycles. The van der Waals surface area contributed by atoms with E-state index < -0.39 is 20.0 Å². The van der Waals surface area contributed by atoms with Gasteiger partial charge in [-0.2, -0.15) is 0 Å². The third-order valence-electron chi connectivity index (χ3n) is 9.90. The summed E-state index contributed by atoms with van der Waals surface area (Å²) in [6.45, 7) is 12.9. The number of aliphatic hydroxyl groups is 1. The summed E-state index contributed by atoms with van der Waals surface area (Å²) in [5, 5.41) is 20.7. The summed E-state index contributed by atoms with van der Waals surface area (Å²) in [5.41, 5.74) is 3.99. The van der Waals surface area contributed by atoms with Gasteiger partial charge in [-0.1, -0.05) is 35.4 Å². The Kier molecular flexibility index (Phi) is 11.5. The second-order valence-electron chi connectivity index (χ2n) is 14.3. The number of hydrogen-bond donors (Lipinski definition) is 3. The van der Waals surface area contributed by atoms with Gasteiger partial charge in [0.25, 0.3) is 11.8 Å². The number of anilines is 2. The van der Waals surface area contributed by atoms with E-state index in [2.05, 4.69) is 48.6 Å². The lowest BCUT2D eigenvalue weighted by Crippen LogP contribution is -2.46. The molecule has 1 aromatic heterocycles. The van der Waals surface area contributed by atoms with Gasteiger partial charge in [-0.15, -0.1) is 5.10 Å². The maximum Gasteiger partial charge on any atom is 0.264 e. The molecule has 0 bridgehead atoms. The number of benzene rings is 2. The van der Waals surface area contributed by atoms with E-state index in [1.165, 1.54) is 11.1 Å². The van der Waals surface area contributed by atoms with Crippen molar-refractivity contribution >= 4 is 31.5 Å². The number of nitrogens with zero attached hydrogens (tertiary/aromatic N) is 4. The number of fused-ring (bicyclic) bond motifs is 2. The number of methoxy groups -OCH3 is 1. The zero-order chi connectivity index (χ0) is 36.2. The van der Waals surface area contributed by atoms with Gasteiger partial charge < -0.3 is 29.6 Å². The van der Waals surface area contributed by atoms with Crippen LogP contribution in [0.25, 0.3) is 0 Å². The lowest BCUT2D eigenvalue weighted by molar-refractivity contribution is -0.145. The van der Waals surface area contributed by atoms with Crippen molar-refractivity contribution in [1.29, 1.82) is 0 Å². The van der Waals surface area contributed by atoms with Crippen LogP contribution in [0, 0.1) is 5.92 Å². The monoisotopic (exact) mass is 701 g/mol. The van der Waals surface area contributed by atoms with E-state index in [-0.39, 0.29) is 29.9 Å². The fourth-order valence-electron chi connectivity index (χ4n) is 7.43. The Bertz CT molecular complexity index is 1740. The minimum atomic E-state index is -2.89. The number of allylic oxidation sites excluding steroid dienone is 3. The predicted molar refractivity (Wildman–Crippen MR) is 197 cm³/mol. The Morgan fingerprint density at radius 1 is 1.14 bits per heavy atom. The fourth-order valence-corrected chi connectivity index (χ4v) is 10.0. The van der Waals surface area contributed by atoms with Crippen LogP contribution in [0.4, 0.5) is 11.4 Å². The van der Waals surface area contributed by atoms with E-state index in [1.54, 1.807) is 41.0 Å². The number of carbonyl (C=O) groups excluding carboxylic acids is 2. The number of hydrogen-bond acceptors (Lipinski definition) is 8. The number of carbonyl (C=O) groups is 2. The summed E-state index contributed by atoms with van der Waals surface area (Å²) >= 11 is 0. The number of aryl methyl sites for hydroxylation is 1. The van der Waals surface area contributed by atoms with Gasteiger partial charge in [0.15, 0.2) is 13.9 Å². The Morgan fingerprint density at radius 3 is 2.54 bits per heavy atom. The average Bonchev–Trinajstić information content (AvgIpc) is 3.71. The van der Waals surface area contributed by atoms with E-state index in [0.29, 0.717) is 54.2 Å². The highest BCUT2D eigenvalue weighted by Gasteiger charge is 2.66. The molecule has 3 aromatic rings. The maximum absolute atomic E-state index is 14.8. The third-order valence-corrected chi connectivity index (χ3v) is 12.4. The number of nitrogens with one attached hydrogen (secondary N) is 1. The molecule has 2 aromatic carbocycles. The van der Waals surface area contributed by atoms with Crippen molar-refractivity contribution in [3.63, 3.8) is 0 Å². The van der Waals surface area contributed by atoms with Crippen LogP contribution in [-0.2, 0) is 28.1 Å². The van der Waals surface area contributed by atoms with Gasteiger partial charge in [0, 0.05) is 60.6 Å². The molecule has 4 atom stereocenters. The summed E-state index contributed by atoms with van der Waals surface area (Å²) in [7, 11) is -1.31. The molecule has 50 heavy (non-hydrogen) atoms. The van der Waals surface area contributed by atoms with Crippen LogP contribution in [0.3, 0.4) is 0 Å². The third kappa shape index (κ3) is 7.78. The minimum absolute atomic E-state index is 0.0123. The Balaban J connectivity index is 1.50. The molecule has 1 saturated heterocycles. The highest BCUT2D eigenvalue weighted by Crippen LogP contribution is 2.60. The van der Waals surface area contributed by atoms with E-state index in [9.17, 15) is 19.5 Å². The van der Waals surface area contributed by atoms with Crippen LogP contribution >= 0.6 is 0 Å². The van der Waals surface area contributed by atoms with Crippen LogP contribution in [0.15, 0.2) is 72.0 Å². The molecule has 0 radical (unpaired) electrons. The number of amides is 2. The molecule has 1 fully saturated rings. The lowest BCUT2D eigenvalue weighted by Gasteiger charge is -2.32. The van der Waals surface area contributed by atoms with E-state index in [4.69, 9.17) is 9.47 Å². The van der Waals surface area contributed by atoms with Crippen LogP contribution in [0.5, 0.6) is 5.75 Å². The molecule has 5 rings (SSSR count). The molecule has 0 aliphatic carbocycles. The summed E-state index contributed by atoms with van der Waals surface area (Å²) in [6.07, 6.45) is 8.45. The molecule has 0 unspecified atom stereocenters. The van der Waals surface area contributed by atoms with Gasteiger partial charge in [-0.3, -0.25) is 14.3 Å². The van der Waals surface area contributed by atoms with Crippen molar-refractivity contribution < 1.29 is 29.0 Å². The number of aliphatic hydroxyl groups excluding tert-OH is 1. The first-order valence-corrected chi connectivity index (χ1v) is 20.4. The summed E-state index contributed by atoms with van der Waals surface area (Å²) < 4.78 is 14.0. The Hall–Kier alpha value is -4.10. The van der Waals surface area contributed by atoms with E-state index in [1.807, 2.05) is 44.4 Å². The first-order chi connectivity index (χ1) is 23.8. The van der Waals surface area contributed by atoms with Crippen molar-refractivity contribution in [3.05, 3.63) is 88.8 Å². The van der Waals surface area contributed by atoms with Crippen molar-refractivity contribution in [2.24, 2.45) is 5.92 Å². The van der Waals surface area contributed by atoms with Gasteiger partial charge in [-0.25, -0.2) is 0 Å². The van der Waals surface area contributed by atoms with Crippen LogP contribution in [0.1, 0.15) is 68.6 Å². The highest BCUT2D eigenvalue weighted by atomic mass is 28.4. The molecule has 2 amide bonds. The maximum atomic E-state index is 14.8. The number of rotatable bonds is 14. The van der Waals surface area contributed by atoms with Gasteiger partial charge >= 0.3 is 0 Å². The van der Waals surface area contributed by atoms with Crippen LogP contribution < -0.4 is 15.0 Å². The second kappa shape index (κ2) is 15.4. The molecular formula is C38H51N5O6Si. The second-order valence-corrected chi connectivity index (χ2v) is 18.3. The Labute approximate surface area is 296 Å². The smallest absolute Gasteiger partial charge is 0.264 e. The molecule has 3 N–H and O–H groups in total. The lowest BCUT2D eigenvalue weighted by atomic mass is 9.82. The van der Waals surface area contributed by atoms with Gasteiger partial charge in [-0.05, 0) is 95.6 Å². The SMILES string of the molecule is COc1ccc(C(=O)Nc2ccc3c(c2)[C@@]2(O[C@H](CCn4cc(CCO)nn4)[C@@H]([Si](C)(C)O)[C@@H]2C)C(=O)N3C/C=C(\C)CCC=C(C)C)cc1. The minimum Gasteiger partial charge on any atom is -0.497 e. The van der Waals surface area contributed by atoms with Crippen LogP contribution in [0.2, 0.25) is 18.6 Å². The van der Waals surface area contributed by atoms with Gasteiger partial charge in [0.05, 0.1) is 24.6 Å². The quantitative estimate of drug-likeness (QED) is 0.137. The Morgan fingerprint density at radius 2 is 1.88 bits per heavy atom. The van der Waals surface area contributed by atoms with Crippen LogP contribution in [-0.4, -0.2) is 71.4 Å². The number of ether oxygens (including phenoxy) is 2. The molecule has 2 aliphatic heterocycles. The number of aromatic nitrogens is 3. The van der Waals surface area contributed by atoms with E-state index in [0.717, 1.165) is 18.5 Å². The van der Waals surface area contributed by atoms with Gasteiger partial charge in [0.1, 0.15) is 5.75 Å². The molecule has 12 heteroatoms. The first kappa shape index (κ1) is 37.2. The molecule has 0 saturated carbocycles. The zero-order valence-electron chi connectivity index (χ0n) is 30.3. The standard InChI is InChI=1S/C38H51N5O6Si/c1-25(2)9-8-10-26(3)17-21-43-33-16-13-29(39-36(45)28-11-14-31(48-5)15-12-28)23-32(33)38(37(43)46)27(4)35(50(6,7)47)34(49-38)18-20-42-24-30(19-22-44)40-41-42/h9,11-17,23-24,27,34-35,44,47H,8,10,18-22H2,1-7H3,(H,39,45)/b26-17+/t27-,34+,35-,38+/m0/s1. The topological polar surface area (TPSA) is 139 Å². The fraction of sp³-hybridized carbons (Fsp3) is 0.474. The molecule has 1 spiro atoms. The van der Waals surface area contributed by atoms with E-state index >= 15 is 0 Å². The molecule has 268 valence electrons. The van der Waals surface area contributed by atoms with Crippen molar-refractivity contribution in [2.75, 3.05) is 30.5 Å². The van der Waals surface area contributed by atoms with Crippen molar-refractivity contribution in [2.45, 2.75) is 90.3 Å².